The number of benzene rings is 1. The van der Waals surface area contributed by atoms with Crippen LogP contribution in [0, 0.1) is 0 Å². The van der Waals surface area contributed by atoms with E-state index < -0.39 is 0 Å². The van der Waals surface area contributed by atoms with E-state index in [-0.39, 0.29) is 11.6 Å². The van der Waals surface area contributed by atoms with E-state index >= 15 is 0 Å². The van der Waals surface area contributed by atoms with Crippen molar-refractivity contribution in [3.8, 4) is 0 Å². The molecule has 2 amide bonds. The van der Waals surface area contributed by atoms with E-state index in [0.29, 0.717) is 12.1 Å². The quantitative estimate of drug-likeness (QED) is 0.858. The zero-order valence-electron chi connectivity index (χ0n) is 17.2. The highest BCUT2D eigenvalue weighted by atomic mass is 16.5. The van der Waals surface area contributed by atoms with Crippen LogP contribution in [0.1, 0.15) is 56.9 Å². The minimum atomic E-state index is -0.0436. The topological polar surface area (TPSA) is 44.8 Å². The van der Waals surface area contributed by atoms with Crippen LogP contribution in [0.2, 0.25) is 0 Å². The maximum absolute atomic E-state index is 12.6. The average molecular weight is 386 g/mol. The summed E-state index contributed by atoms with van der Waals surface area (Å²) in [6, 6.07) is 11.8. The molecule has 3 aliphatic rings. The number of likely N-dealkylation sites (tertiary alicyclic amines) is 1. The summed E-state index contributed by atoms with van der Waals surface area (Å²) < 4.78 is 6.31. The molecule has 1 saturated carbocycles. The van der Waals surface area contributed by atoms with Crippen LogP contribution in [0.5, 0.6) is 0 Å². The Kier molecular flexibility index (Phi) is 6.22. The van der Waals surface area contributed by atoms with E-state index in [9.17, 15) is 4.79 Å². The van der Waals surface area contributed by atoms with Crippen molar-refractivity contribution in [2.75, 3.05) is 26.7 Å². The molecule has 5 nitrogen and oxygen atoms in total. The lowest BCUT2D eigenvalue weighted by Gasteiger charge is -2.48. The monoisotopic (exact) mass is 385 g/mol. The molecule has 2 heterocycles. The summed E-state index contributed by atoms with van der Waals surface area (Å²) in [5.41, 5.74) is 1.32. The molecular weight excluding hydrogens is 350 g/mol. The van der Waals surface area contributed by atoms with Crippen LogP contribution in [0.3, 0.4) is 0 Å². The number of hydrogen-bond acceptors (Lipinski definition) is 3. The minimum Gasteiger partial charge on any atom is -0.375 e. The van der Waals surface area contributed by atoms with Gasteiger partial charge < -0.3 is 15.0 Å². The molecule has 4 rings (SSSR count). The molecule has 2 saturated heterocycles. The number of nitrogens with one attached hydrogen (secondary N) is 1. The molecule has 0 bridgehead atoms. The van der Waals surface area contributed by atoms with Gasteiger partial charge >= 0.3 is 6.03 Å². The highest BCUT2D eigenvalue weighted by molar-refractivity contribution is 5.74. The summed E-state index contributed by atoms with van der Waals surface area (Å²) in [5, 5.41) is 3.23. The number of hydrogen-bond donors (Lipinski definition) is 1. The van der Waals surface area contributed by atoms with Crippen molar-refractivity contribution in [3.63, 3.8) is 0 Å². The van der Waals surface area contributed by atoms with Crippen molar-refractivity contribution < 1.29 is 9.53 Å². The van der Waals surface area contributed by atoms with E-state index in [1.54, 1.807) is 0 Å². The Bertz CT molecular complexity index is 637. The standard InChI is InChI=1S/C23H35N3O2/c1-25(18-19-7-3-2-4-8-19)21-11-16-28-23(17-21)12-14-26(15-13-23)22(27)24-20-9-5-6-10-20/h2-4,7-8,20-21H,5-6,9-18H2,1H3,(H,24,27). The molecule has 1 atom stereocenters. The Labute approximate surface area is 169 Å². The fourth-order valence-electron chi connectivity index (χ4n) is 5.18. The minimum absolute atomic E-state index is 0.0436. The number of amides is 2. The fraction of sp³-hybridized carbons (Fsp3) is 0.696. The van der Waals surface area contributed by atoms with Crippen molar-refractivity contribution in [2.45, 2.75) is 75.6 Å². The number of ether oxygens (including phenoxy) is 1. The highest BCUT2D eigenvalue weighted by Crippen LogP contribution is 2.37. The van der Waals surface area contributed by atoms with Gasteiger partial charge in [-0.25, -0.2) is 4.79 Å². The van der Waals surface area contributed by atoms with Gasteiger partial charge in [0.1, 0.15) is 0 Å². The molecule has 0 aromatic heterocycles. The Balaban J connectivity index is 1.28. The summed E-state index contributed by atoms with van der Waals surface area (Å²) in [4.78, 5) is 17.1. The Morgan fingerprint density at radius 3 is 2.61 bits per heavy atom. The first-order chi connectivity index (χ1) is 13.6. The van der Waals surface area contributed by atoms with Crippen LogP contribution in [-0.2, 0) is 11.3 Å². The summed E-state index contributed by atoms with van der Waals surface area (Å²) in [7, 11) is 2.24. The molecule has 1 N–H and O–H groups in total. The molecule has 0 radical (unpaired) electrons. The number of urea groups is 1. The molecule has 3 fully saturated rings. The van der Waals surface area contributed by atoms with E-state index in [4.69, 9.17) is 4.74 Å². The van der Waals surface area contributed by atoms with Gasteiger partial charge in [-0.05, 0) is 51.1 Å². The van der Waals surface area contributed by atoms with Crippen LogP contribution in [-0.4, -0.2) is 60.3 Å². The van der Waals surface area contributed by atoms with Gasteiger partial charge in [-0.15, -0.1) is 0 Å². The third-order valence-corrected chi connectivity index (χ3v) is 7.01. The van der Waals surface area contributed by atoms with E-state index in [2.05, 4.69) is 47.6 Å². The highest BCUT2D eigenvalue weighted by Gasteiger charge is 2.42. The largest absolute Gasteiger partial charge is 0.375 e. The van der Waals surface area contributed by atoms with Gasteiger partial charge in [0.05, 0.1) is 5.60 Å². The number of carbonyl (C=O) groups is 1. The maximum Gasteiger partial charge on any atom is 0.317 e. The van der Waals surface area contributed by atoms with Crippen LogP contribution < -0.4 is 5.32 Å². The Morgan fingerprint density at radius 1 is 1.18 bits per heavy atom. The van der Waals surface area contributed by atoms with Crippen LogP contribution in [0.4, 0.5) is 4.79 Å². The molecule has 2 aliphatic heterocycles. The number of carbonyl (C=O) groups excluding carboxylic acids is 1. The number of nitrogens with zero attached hydrogens (tertiary/aromatic N) is 2. The first-order valence-corrected chi connectivity index (χ1v) is 11.1. The lowest BCUT2D eigenvalue weighted by Crippen LogP contribution is -2.55. The summed E-state index contributed by atoms with van der Waals surface area (Å²) in [6.07, 6.45) is 8.87. The van der Waals surface area contributed by atoms with Crippen molar-refractivity contribution >= 4 is 6.03 Å². The fourth-order valence-corrected chi connectivity index (χ4v) is 5.18. The van der Waals surface area contributed by atoms with Gasteiger partial charge in [0.2, 0.25) is 0 Å². The predicted molar refractivity (Wildman–Crippen MR) is 111 cm³/mol. The van der Waals surface area contributed by atoms with Gasteiger partial charge in [0.15, 0.2) is 0 Å². The van der Waals surface area contributed by atoms with Gasteiger partial charge in [-0.2, -0.15) is 0 Å². The summed E-state index contributed by atoms with van der Waals surface area (Å²) in [6.45, 7) is 3.44. The summed E-state index contributed by atoms with van der Waals surface area (Å²) >= 11 is 0. The summed E-state index contributed by atoms with van der Waals surface area (Å²) in [5.74, 6) is 0. The average Bonchev–Trinajstić information content (AvgIpc) is 3.22. The molecular formula is C23H35N3O2. The third kappa shape index (κ3) is 4.69. The lowest BCUT2D eigenvalue weighted by atomic mass is 9.82. The second-order valence-electron chi connectivity index (χ2n) is 9.00. The second-order valence-corrected chi connectivity index (χ2v) is 9.00. The van der Waals surface area contributed by atoms with E-state index in [1.165, 1.54) is 18.4 Å². The second kappa shape index (κ2) is 8.83. The molecule has 154 valence electrons. The van der Waals surface area contributed by atoms with Crippen molar-refractivity contribution in [1.29, 1.82) is 0 Å². The van der Waals surface area contributed by atoms with Crippen LogP contribution >= 0.6 is 0 Å². The molecule has 1 aromatic carbocycles. The SMILES string of the molecule is CN(Cc1ccccc1)C1CCOC2(CCN(C(=O)NC3CCCC3)CC2)C1. The number of piperidine rings is 1. The molecule has 1 aliphatic carbocycles. The third-order valence-electron chi connectivity index (χ3n) is 7.01. The zero-order chi connectivity index (χ0) is 19.4. The number of rotatable bonds is 4. The van der Waals surface area contributed by atoms with Gasteiger partial charge in [-0.1, -0.05) is 43.2 Å². The molecule has 1 spiro atoms. The predicted octanol–water partition coefficient (Wildman–Crippen LogP) is 3.78. The Morgan fingerprint density at radius 2 is 1.89 bits per heavy atom. The molecule has 1 aromatic rings. The molecule has 1 unspecified atom stereocenters. The van der Waals surface area contributed by atoms with Crippen LogP contribution in [0.25, 0.3) is 0 Å². The molecule has 28 heavy (non-hydrogen) atoms. The first-order valence-electron chi connectivity index (χ1n) is 11.1. The van der Waals surface area contributed by atoms with Crippen molar-refractivity contribution in [1.82, 2.24) is 15.1 Å². The zero-order valence-corrected chi connectivity index (χ0v) is 17.2. The van der Waals surface area contributed by atoms with E-state index in [0.717, 1.165) is 64.8 Å². The maximum atomic E-state index is 12.6. The first kappa shape index (κ1) is 19.7. The van der Waals surface area contributed by atoms with Crippen molar-refractivity contribution in [2.24, 2.45) is 0 Å². The Hall–Kier alpha value is -1.59. The van der Waals surface area contributed by atoms with E-state index in [1.807, 2.05) is 4.90 Å². The van der Waals surface area contributed by atoms with Crippen molar-refractivity contribution in [3.05, 3.63) is 35.9 Å². The van der Waals surface area contributed by atoms with Gasteiger partial charge in [0.25, 0.3) is 0 Å². The van der Waals surface area contributed by atoms with Crippen LogP contribution in [0.15, 0.2) is 30.3 Å². The van der Waals surface area contributed by atoms with Gasteiger partial charge in [0, 0.05) is 38.3 Å². The normalized spacial score (nSPS) is 25.4. The lowest BCUT2D eigenvalue weighted by molar-refractivity contribution is -0.128. The van der Waals surface area contributed by atoms with Gasteiger partial charge in [-0.3, -0.25) is 4.90 Å². The molecule has 5 heteroatoms. The smallest absolute Gasteiger partial charge is 0.317 e.